The molecule has 106 valence electrons. The zero-order valence-electron chi connectivity index (χ0n) is 12.4. The van der Waals surface area contributed by atoms with Crippen LogP contribution in [-0.2, 0) is 0 Å². The minimum absolute atomic E-state index is 0.403. The fourth-order valence-corrected chi connectivity index (χ4v) is 3.38. The predicted octanol–water partition coefficient (Wildman–Crippen LogP) is 3.83. The number of nitrogens with one attached hydrogen (secondary N) is 1. The van der Waals surface area contributed by atoms with Crippen molar-refractivity contribution in [3.63, 3.8) is 0 Å². The van der Waals surface area contributed by atoms with Crippen LogP contribution in [0.15, 0.2) is 28.7 Å². The van der Waals surface area contributed by atoms with Gasteiger partial charge in [-0.15, -0.1) is 0 Å². The maximum atomic E-state index is 3.82. The predicted molar refractivity (Wildman–Crippen MR) is 85.4 cm³/mol. The van der Waals surface area contributed by atoms with Crippen molar-refractivity contribution in [3.05, 3.63) is 34.3 Å². The van der Waals surface area contributed by atoms with Gasteiger partial charge in [0.25, 0.3) is 0 Å². The topological polar surface area (TPSA) is 15.3 Å². The van der Waals surface area contributed by atoms with Crippen LogP contribution in [0.5, 0.6) is 0 Å². The molecule has 1 aromatic rings. The number of hydrogen-bond donors (Lipinski definition) is 1. The molecule has 3 unspecified atom stereocenters. The Morgan fingerprint density at radius 2 is 2.11 bits per heavy atom. The molecule has 2 rings (SSSR count). The van der Waals surface area contributed by atoms with Crippen LogP contribution in [0.25, 0.3) is 0 Å². The highest BCUT2D eigenvalue weighted by atomic mass is 79.9. The molecule has 1 N–H and O–H groups in total. The van der Waals surface area contributed by atoms with Crippen molar-refractivity contribution in [2.24, 2.45) is 5.92 Å². The molecule has 0 aromatic heterocycles. The number of halogens is 1. The smallest absolute Gasteiger partial charge is 0.0294 e. The van der Waals surface area contributed by atoms with E-state index in [1.807, 2.05) is 0 Å². The van der Waals surface area contributed by atoms with Crippen LogP contribution < -0.4 is 5.32 Å². The van der Waals surface area contributed by atoms with Crippen LogP contribution in [-0.4, -0.2) is 30.6 Å². The van der Waals surface area contributed by atoms with Crippen molar-refractivity contribution in [1.82, 2.24) is 10.2 Å². The lowest BCUT2D eigenvalue weighted by molar-refractivity contribution is 0.116. The highest BCUT2D eigenvalue weighted by Gasteiger charge is 2.29. The van der Waals surface area contributed by atoms with Crippen molar-refractivity contribution in [2.45, 2.75) is 45.3 Å². The summed E-state index contributed by atoms with van der Waals surface area (Å²) in [5, 5.41) is 3.82. The molecule has 1 fully saturated rings. The van der Waals surface area contributed by atoms with E-state index in [0.717, 1.165) is 4.47 Å². The SMILES string of the molecule is CC1CN(C)C(C)CC1N[C@H](C)c1cccc(Br)c1. The van der Waals surface area contributed by atoms with E-state index in [1.165, 1.54) is 18.5 Å². The first-order valence-corrected chi connectivity index (χ1v) is 7.98. The normalized spacial score (nSPS) is 30.3. The quantitative estimate of drug-likeness (QED) is 0.909. The average molecular weight is 325 g/mol. The Morgan fingerprint density at radius 1 is 1.37 bits per heavy atom. The lowest BCUT2D eigenvalue weighted by Crippen LogP contribution is -2.51. The van der Waals surface area contributed by atoms with E-state index >= 15 is 0 Å². The second-order valence-corrected chi connectivity index (χ2v) is 6.97. The number of piperidine rings is 1. The van der Waals surface area contributed by atoms with Crippen molar-refractivity contribution < 1.29 is 0 Å². The molecule has 1 saturated heterocycles. The van der Waals surface area contributed by atoms with Crippen molar-refractivity contribution in [1.29, 1.82) is 0 Å². The van der Waals surface area contributed by atoms with E-state index in [2.05, 4.69) is 78.2 Å². The molecule has 0 bridgehead atoms. The molecule has 19 heavy (non-hydrogen) atoms. The Bertz CT molecular complexity index is 421. The molecule has 0 radical (unpaired) electrons. The molecule has 0 saturated carbocycles. The third-order valence-electron chi connectivity index (χ3n) is 4.42. The highest BCUT2D eigenvalue weighted by molar-refractivity contribution is 9.10. The molecule has 0 spiro atoms. The Morgan fingerprint density at radius 3 is 2.79 bits per heavy atom. The van der Waals surface area contributed by atoms with E-state index in [0.29, 0.717) is 24.0 Å². The van der Waals surface area contributed by atoms with Gasteiger partial charge >= 0.3 is 0 Å². The molecule has 1 aliphatic rings. The molecule has 0 aliphatic carbocycles. The van der Waals surface area contributed by atoms with Gasteiger partial charge in [-0.25, -0.2) is 0 Å². The van der Waals surface area contributed by atoms with Gasteiger partial charge in [0.2, 0.25) is 0 Å². The van der Waals surface area contributed by atoms with Gasteiger partial charge in [-0.1, -0.05) is 35.0 Å². The van der Waals surface area contributed by atoms with E-state index in [1.54, 1.807) is 0 Å². The summed E-state index contributed by atoms with van der Waals surface area (Å²) in [5.74, 6) is 0.704. The molecule has 4 atom stereocenters. The van der Waals surface area contributed by atoms with E-state index in [4.69, 9.17) is 0 Å². The van der Waals surface area contributed by atoms with E-state index < -0.39 is 0 Å². The van der Waals surface area contributed by atoms with Gasteiger partial charge in [-0.05, 0) is 50.9 Å². The van der Waals surface area contributed by atoms with Crippen molar-refractivity contribution >= 4 is 15.9 Å². The Kier molecular flexibility index (Phi) is 5.04. The zero-order chi connectivity index (χ0) is 14.0. The number of hydrogen-bond acceptors (Lipinski definition) is 2. The number of benzene rings is 1. The zero-order valence-corrected chi connectivity index (χ0v) is 13.9. The lowest BCUT2D eigenvalue weighted by Gasteiger charge is -2.41. The minimum atomic E-state index is 0.403. The van der Waals surface area contributed by atoms with Crippen LogP contribution >= 0.6 is 15.9 Å². The Balaban J connectivity index is 2.00. The van der Waals surface area contributed by atoms with Crippen LogP contribution in [0.3, 0.4) is 0 Å². The average Bonchev–Trinajstić information content (AvgIpc) is 2.36. The molecule has 1 heterocycles. The van der Waals surface area contributed by atoms with Gasteiger partial charge in [0, 0.05) is 29.1 Å². The molecule has 2 nitrogen and oxygen atoms in total. The summed E-state index contributed by atoms with van der Waals surface area (Å²) in [6.07, 6.45) is 1.23. The second-order valence-electron chi connectivity index (χ2n) is 6.05. The first-order chi connectivity index (χ1) is 8.97. The van der Waals surface area contributed by atoms with E-state index in [9.17, 15) is 0 Å². The molecule has 1 aromatic carbocycles. The highest BCUT2D eigenvalue weighted by Crippen LogP contribution is 2.24. The summed E-state index contributed by atoms with van der Waals surface area (Å²) in [5.41, 5.74) is 1.35. The summed E-state index contributed by atoms with van der Waals surface area (Å²) >= 11 is 3.55. The fraction of sp³-hybridized carbons (Fsp3) is 0.625. The molecular formula is C16H25BrN2. The number of likely N-dealkylation sites (tertiary alicyclic amines) is 1. The van der Waals surface area contributed by atoms with Gasteiger partial charge in [0.1, 0.15) is 0 Å². The monoisotopic (exact) mass is 324 g/mol. The third kappa shape index (κ3) is 3.80. The molecular weight excluding hydrogens is 300 g/mol. The summed E-state index contributed by atoms with van der Waals surface area (Å²) in [6, 6.07) is 10.3. The first kappa shape index (κ1) is 15.0. The fourth-order valence-electron chi connectivity index (χ4n) is 2.97. The van der Waals surface area contributed by atoms with E-state index in [-0.39, 0.29) is 0 Å². The maximum absolute atomic E-state index is 3.82. The third-order valence-corrected chi connectivity index (χ3v) is 4.92. The summed E-state index contributed by atoms with van der Waals surface area (Å²) < 4.78 is 1.16. The van der Waals surface area contributed by atoms with Crippen LogP contribution in [0.4, 0.5) is 0 Å². The van der Waals surface area contributed by atoms with Crippen LogP contribution in [0.1, 0.15) is 38.8 Å². The Labute approximate surface area is 125 Å². The van der Waals surface area contributed by atoms with Crippen molar-refractivity contribution in [2.75, 3.05) is 13.6 Å². The maximum Gasteiger partial charge on any atom is 0.0294 e. The van der Waals surface area contributed by atoms with Gasteiger partial charge < -0.3 is 10.2 Å². The molecule has 0 amide bonds. The standard InChI is InChI=1S/C16H25BrN2/c1-11-10-19(4)12(2)8-16(11)18-13(3)14-6-5-7-15(17)9-14/h5-7,9,11-13,16,18H,8,10H2,1-4H3/t11?,12?,13-,16?/m1/s1. The van der Waals surface area contributed by atoms with Crippen LogP contribution in [0, 0.1) is 5.92 Å². The number of nitrogens with zero attached hydrogens (tertiary/aromatic N) is 1. The van der Waals surface area contributed by atoms with Gasteiger partial charge in [0.05, 0.1) is 0 Å². The molecule has 1 aliphatic heterocycles. The second kappa shape index (κ2) is 6.38. The minimum Gasteiger partial charge on any atom is -0.307 e. The van der Waals surface area contributed by atoms with Crippen LogP contribution in [0.2, 0.25) is 0 Å². The summed E-state index contributed by atoms with van der Waals surface area (Å²) in [7, 11) is 2.23. The lowest BCUT2D eigenvalue weighted by atomic mass is 9.89. The Hall–Kier alpha value is -0.380. The summed E-state index contributed by atoms with van der Waals surface area (Å²) in [4.78, 5) is 2.46. The summed E-state index contributed by atoms with van der Waals surface area (Å²) in [6.45, 7) is 8.12. The number of rotatable bonds is 3. The molecule has 3 heteroatoms. The van der Waals surface area contributed by atoms with Crippen molar-refractivity contribution in [3.8, 4) is 0 Å². The van der Waals surface area contributed by atoms with Gasteiger partial charge in [-0.3, -0.25) is 0 Å². The van der Waals surface area contributed by atoms with Gasteiger partial charge in [0.15, 0.2) is 0 Å². The van der Waals surface area contributed by atoms with Gasteiger partial charge in [-0.2, -0.15) is 0 Å². The first-order valence-electron chi connectivity index (χ1n) is 7.19. The largest absolute Gasteiger partial charge is 0.307 e.